The van der Waals surface area contributed by atoms with Crippen LogP contribution in [-0.2, 0) is 16.1 Å². The molecule has 0 saturated carbocycles. The number of hydrogen-bond acceptors (Lipinski definition) is 8. The first-order valence-electron chi connectivity index (χ1n) is 16.1. The first kappa shape index (κ1) is 31.9. The van der Waals surface area contributed by atoms with Gasteiger partial charge in [0.2, 0.25) is 0 Å². The van der Waals surface area contributed by atoms with Crippen LogP contribution in [0.25, 0.3) is 5.57 Å². The Balaban J connectivity index is 1.02. The van der Waals surface area contributed by atoms with Gasteiger partial charge in [-0.25, -0.2) is 0 Å². The Kier molecular flexibility index (Phi) is 9.31. The van der Waals surface area contributed by atoms with E-state index in [1.807, 2.05) is 24.3 Å². The van der Waals surface area contributed by atoms with Gasteiger partial charge < -0.3 is 35.6 Å². The van der Waals surface area contributed by atoms with E-state index in [9.17, 15) is 19.5 Å². The van der Waals surface area contributed by atoms with Gasteiger partial charge in [0.1, 0.15) is 24.2 Å². The molecule has 0 bridgehead atoms. The number of amidine groups is 1. The van der Waals surface area contributed by atoms with Crippen molar-refractivity contribution in [3.05, 3.63) is 101 Å². The van der Waals surface area contributed by atoms with Crippen LogP contribution >= 0.6 is 0 Å². The molecule has 1 unspecified atom stereocenters. The summed E-state index contributed by atoms with van der Waals surface area (Å²) in [4.78, 5) is 41.8. The van der Waals surface area contributed by atoms with Crippen molar-refractivity contribution in [3.63, 3.8) is 0 Å². The molecule has 3 aromatic carbocycles. The maximum Gasteiger partial charge on any atom is 0.255 e. The summed E-state index contributed by atoms with van der Waals surface area (Å²) in [6.45, 7) is 4.29. The van der Waals surface area contributed by atoms with Crippen LogP contribution in [0.2, 0.25) is 0 Å². The summed E-state index contributed by atoms with van der Waals surface area (Å²) in [5.41, 5.74) is 11.5. The van der Waals surface area contributed by atoms with Crippen molar-refractivity contribution in [2.45, 2.75) is 50.2 Å². The third-order valence-electron chi connectivity index (χ3n) is 9.80. The fourth-order valence-electron chi connectivity index (χ4n) is 7.00. The maximum atomic E-state index is 12.9. The van der Waals surface area contributed by atoms with Gasteiger partial charge in [-0.3, -0.25) is 15.1 Å². The number of rotatable bonds is 12. The average molecular weight is 633 g/mol. The number of piperidine rings is 1. The highest BCUT2D eigenvalue weighted by Gasteiger charge is 2.36. The zero-order valence-electron chi connectivity index (χ0n) is 26.3. The Hall–Kier alpha value is -5.09. The minimum absolute atomic E-state index is 0.0132. The van der Waals surface area contributed by atoms with Crippen LogP contribution < -0.4 is 10.6 Å². The minimum Gasteiger partial charge on any atom is -0.507 e. The smallest absolute Gasteiger partial charge is 0.255 e. The van der Waals surface area contributed by atoms with Gasteiger partial charge in [0, 0.05) is 54.5 Å². The van der Waals surface area contributed by atoms with Crippen molar-refractivity contribution in [1.29, 1.82) is 10.8 Å². The van der Waals surface area contributed by atoms with Gasteiger partial charge in [-0.15, -0.1) is 0 Å². The van der Waals surface area contributed by atoms with Crippen LogP contribution in [0.1, 0.15) is 64.2 Å². The Bertz CT molecular complexity index is 1720. The molecule has 2 fully saturated rings. The second kappa shape index (κ2) is 13.7. The average Bonchev–Trinajstić information content (AvgIpc) is 3.39. The van der Waals surface area contributed by atoms with E-state index in [0.29, 0.717) is 41.6 Å². The first-order chi connectivity index (χ1) is 22.8. The lowest BCUT2D eigenvalue weighted by atomic mass is 9.87. The van der Waals surface area contributed by atoms with Crippen molar-refractivity contribution in [3.8, 4) is 5.75 Å². The summed E-state index contributed by atoms with van der Waals surface area (Å²) in [5.74, 6) is 0.182. The molecule has 3 aliphatic heterocycles. The van der Waals surface area contributed by atoms with E-state index in [1.54, 1.807) is 23.1 Å². The van der Waals surface area contributed by atoms with Crippen molar-refractivity contribution in [2.24, 2.45) is 5.73 Å². The highest BCUT2D eigenvalue weighted by Crippen LogP contribution is 2.35. The summed E-state index contributed by atoms with van der Waals surface area (Å²) in [7, 11) is 0. The molecule has 0 radical (unpaired) electrons. The van der Waals surface area contributed by atoms with Gasteiger partial charge in [-0.2, -0.15) is 0 Å². The summed E-state index contributed by atoms with van der Waals surface area (Å²) < 4.78 is 0. The molecule has 10 nitrogen and oxygen atoms in total. The number of carbonyl (C=O) groups is 3. The van der Waals surface area contributed by atoms with Crippen LogP contribution in [0.5, 0.6) is 5.75 Å². The number of phenols is 1. The second-order valence-electron chi connectivity index (χ2n) is 12.6. The Morgan fingerprint density at radius 2 is 1.72 bits per heavy atom. The van der Waals surface area contributed by atoms with E-state index in [4.69, 9.17) is 16.6 Å². The summed E-state index contributed by atoms with van der Waals surface area (Å²) in [6, 6.07) is 20.6. The number of nitrogens with one attached hydrogen (secondary N) is 2. The molecule has 47 heavy (non-hydrogen) atoms. The lowest BCUT2D eigenvalue weighted by molar-refractivity contribution is -0.112. The Morgan fingerprint density at radius 3 is 2.38 bits per heavy atom. The lowest BCUT2D eigenvalue weighted by Crippen LogP contribution is -2.60. The number of likely N-dealkylation sites (tertiary alicyclic amines) is 1. The number of carbonyl (C=O) groups excluding carboxylic acids is 3. The van der Waals surface area contributed by atoms with Crippen molar-refractivity contribution >= 4 is 41.3 Å². The highest BCUT2D eigenvalue weighted by molar-refractivity contribution is 6.27. The second-order valence-corrected chi connectivity index (χ2v) is 12.6. The Morgan fingerprint density at radius 1 is 1.00 bits per heavy atom. The van der Waals surface area contributed by atoms with E-state index < -0.39 is 6.04 Å². The van der Waals surface area contributed by atoms with E-state index in [-0.39, 0.29) is 29.6 Å². The maximum absolute atomic E-state index is 12.9. The molecule has 3 heterocycles. The third-order valence-corrected chi connectivity index (χ3v) is 9.80. The molecule has 3 aromatic rings. The number of nitrogens with two attached hydrogens (primary N) is 1. The predicted molar refractivity (Wildman–Crippen MR) is 182 cm³/mol. The monoisotopic (exact) mass is 632 g/mol. The standard InChI is InChI=1S/C37H40N6O4/c38-34(32-5-1-2-6-35(32)46)19-33(36(39)40)26-9-7-24(8-10-26)25-13-15-41(16-14-25)30-21-42(22-30)28-11-12-31-27(18-28)20-43(37(31)47)29(23-45)4-3-17-44/h1-2,5-12,17-19,23,25,29-30,38,46H,3-4,13-16,20-22H2,(H3,39,40)/b33-19-,38-34?. The molecule has 0 spiro atoms. The van der Waals surface area contributed by atoms with Crippen LogP contribution in [-0.4, -0.2) is 83.2 Å². The summed E-state index contributed by atoms with van der Waals surface area (Å²) >= 11 is 0. The van der Waals surface area contributed by atoms with E-state index >= 15 is 0 Å². The van der Waals surface area contributed by atoms with Gasteiger partial charge in [-0.05, 0) is 91.4 Å². The van der Waals surface area contributed by atoms with Gasteiger partial charge in [-0.1, -0.05) is 36.4 Å². The number of fused-ring (bicyclic) bond motifs is 1. The molecule has 3 aliphatic rings. The zero-order valence-corrected chi connectivity index (χ0v) is 26.3. The molecule has 242 valence electrons. The highest BCUT2D eigenvalue weighted by atomic mass is 16.3. The van der Waals surface area contributed by atoms with E-state index in [0.717, 1.165) is 68.4 Å². The van der Waals surface area contributed by atoms with Crippen molar-refractivity contribution in [2.75, 3.05) is 31.1 Å². The van der Waals surface area contributed by atoms with Crippen molar-refractivity contribution in [1.82, 2.24) is 9.80 Å². The number of aromatic hydroxyl groups is 1. The van der Waals surface area contributed by atoms with Gasteiger partial charge in [0.05, 0.1) is 11.8 Å². The number of benzene rings is 3. The molecule has 0 aliphatic carbocycles. The number of phenolic OH excluding ortho intramolecular Hbond substituents is 1. The fraction of sp³-hybridized carbons (Fsp3) is 0.324. The molecule has 2 saturated heterocycles. The van der Waals surface area contributed by atoms with Gasteiger partial charge >= 0.3 is 0 Å². The normalized spacial score (nSPS) is 18.0. The Labute approximate surface area is 274 Å². The largest absolute Gasteiger partial charge is 0.507 e. The quantitative estimate of drug-likeness (QED) is 0.131. The number of anilines is 1. The number of hydrogen-bond donors (Lipinski definition) is 4. The zero-order chi connectivity index (χ0) is 33.1. The fourth-order valence-corrected chi connectivity index (χ4v) is 7.00. The number of amides is 1. The predicted octanol–water partition coefficient (Wildman–Crippen LogP) is 4.35. The molecule has 10 heteroatoms. The topological polar surface area (TPSA) is 155 Å². The van der Waals surface area contributed by atoms with Crippen LogP contribution in [0, 0.1) is 10.8 Å². The van der Waals surface area contributed by atoms with Crippen LogP contribution in [0.15, 0.2) is 72.8 Å². The first-order valence-corrected chi connectivity index (χ1v) is 16.1. The number of aldehydes is 2. The summed E-state index contributed by atoms with van der Waals surface area (Å²) in [6.07, 6.45) is 5.80. The molecular formula is C37H40N6O4. The molecule has 1 atom stereocenters. The summed E-state index contributed by atoms with van der Waals surface area (Å²) in [5, 5.41) is 26.7. The van der Waals surface area contributed by atoms with Crippen LogP contribution in [0.3, 0.4) is 0 Å². The van der Waals surface area contributed by atoms with E-state index in [2.05, 4.69) is 28.0 Å². The molecule has 0 aromatic heterocycles. The van der Waals surface area contributed by atoms with Crippen LogP contribution in [0.4, 0.5) is 5.69 Å². The number of para-hydroxylation sites is 1. The SMILES string of the molecule is N=C(N)/C(=C\C(=N)c1ccccc1O)c1ccc(C2CCN(C3CN(c4ccc5c(c4)CN(C(C=O)CCC=O)C5=O)C3)CC2)cc1. The molecule has 1 amide bonds. The van der Waals surface area contributed by atoms with Gasteiger partial charge in [0.15, 0.2) is 0 Å². The van der Waals surface area contributed by atoms with Crippen molar-refractivity contribution < 1.29 is 19.5 Å². The number of allylic oxidation sites excluding steroid dienone is 1. The minimum atomic E-state index is -0.579. The third kappa shape index (κ3) is 6.59. The lowest BCUT2D eigenvalue weighted by Gasteiger charge is -2.48. The van der Waals surface area contributed by atoms with Gasteiger partial charge in [0.25, 0.3) is 5.91 Å². The molecule has 5 N–H and O–H groups in total. The van der Waals surface area contributed by atoms with E-state index in [1.165, 1.54) is 17.7 Å². The number of nitrogens with zero attached hydrogens (tertiary/aromatic N) is 3. The molecular weight excluding hydrogens is 592 g/mol. The molecule has 6 rings (SSSR count).